The second-order valence-electron chi connectivity index (χ2n) is 0.704. The van der Waals surface area contributed by atoms with Crippen LogP contribution in [0.4, 0.5) is 0 Å². The van der Waals surface area contributed by atoms with Crippen LogP contribution in [0, 0.1) is 13.8 Å². The molecule has 0 rings (SSSR count). The van der Waals surface area contributed by atoms with Gasteiger partial charge in [-0.15, -0.1) is 0 Å². The minimum absolute atomic E-state index is 0. The van der Waals surface area contributed by atoms with E-state index in [1.165, 1.54) is 0 Å². The first-order valence-electron chi connectivity index (χ1n) is 2.73. The summed E-state index contributed by atoms with van der Waals surface area (Å²) in [7, 11) is -3.17. The van der Waals surface area contributed by atoms with Gasteiger partial charge in [0.15, 0.2) is 0 Å². The summed E-state index contributed by atoms with van der Waals surface area (Å²) in [6.07, 6.45) is 0.604. The van der Waals surface area contributed by atoms with E-state index in [9.17, 15) is 0 Å². The van der Waals surface area contributed by atoms with E-state index >= 15 is 0 Å². The van der Waals surface area contributed by atoms with Crippen LogP contribution in [0.2, 0.25) is 0 Å². The number of hydrogen-bond acceptors (Lipinski definition) is 4. The first kappa shape index (κ1) is 29.3. The van der Waals surface area contributed by atoms with Crippen LogP contribution in [-0.2, 0) is 10.1 Å². The van der Waals surface area contributed by atoms with Crippen molar-refractivity contribution in [2.75, 3.05) is 13.4 Å². The van der Waals surface area contributed by atoms with Gasteiger partial charge in [0.2, 0.25) is 0 Å². The third-order valence-electron chi connectivity index (χ3n) is 0. The van der Waals surface area contributed by atoms with Crippen molar-refractivity contribution in [2.45, 2.75) is 13.8 Å². The van der Waals surface area contributed by atoms with E-state index in [2.05, 4.69) is 13.8 Å². The van der Waals surface area contributed by atoms with Gasteiger partial charge in [0.25, 0.3) is 0 Å². The molecule has 0 aromatic heterocycles. The van der Waals surface area contributed by atoms with Crippen LogP contribution in [0.25, 0.3) is 0 Å². The minimum atomic E-state index is -3.92. The molecule has 0 N–H and O–H groups in total. The molecule has 0 bridgehead atoms. The Morgan fingerprint density at radius 2 is 1.00 bits per heavy atom. The van der Waals surface area contributed by atoms with Gasteiger partial charge in [0.1, 0.15) is 0 Å². The quantitative estimate of drug-likeness (QED) is 0.444. The summed E-state index contributed by atoms with van der Waals surface area (Å²) in [5.74, 6) is 0. The van der Waals surface area contributed by atoms with Gasteiger partial charge in [-0.1, -0.05) is 27.7 Å². The van der Waals surface area contributed by atoms with Crippen molar-refractivity contribution in [3.05, 3.63) is 13.8 Å². The van der Waals surface area contributed by atoms with Crippen molar-refractivity contribution in [2.24, 2.45) is 0 Å². The van der Waals surface area contributed by atoms with E-state index in [0.717, 1.165) is 7.11 Å². The Bertz CT molecular complexity index is 103. The van der Waals surface area contributed by atoms with Crippen LogP contribution in [0.5, 0.6) is 0 Å². The Morgan fingerprint density at radius 3 is 1.00 bits per heavy atom. The minimum Gasteiger partial charge on any atom is -0.857 e. The van der Waals surface area contributed by atoms with Crippen LogP contribution in [0.1, 0.15) is 13.8 Å². The van der Waals surface area contributed by atoms with Crippen LogP contribution >= 0.6 is 0 Å². The van der Waals surface area contributed by atoms with Crippen LogP contribution in [0.3, 0.4) is 0 Å². The van der Waals surface area contributed by atoms with E-state index in [1.807, 2.05) is 0 Å². The Morgan fingerprint density at radius 1 is 1.00 bits per heavy atom. The zero-order valence-corrected chi connectivity index (χ0v) is 11.6. The molecule has 0 aliphatic rings. The summed E-state index contributed by atoms with van der Waals surface area (Å²) < 4.78 is 27.2. The molecule has 6 heteroatoms. The maximum atomic E-state index is 9.08. The molecule has 0 fully saturated rings. The van der Waals surface area contributed by atoms with Crippen molar-refractivity contribution < 1.29 is 18.1 Å². The van der Waals surface area contributed by atoms with E-state index in [0.29, 0.717) is 6.26 Å². The first-order chi connectivity index (χ1) is 5.00. The normalized spacial score (nSPS) is 6.33. The molecule has 0 aromatic carbocycles. The van der Waals surface area contributed by atoms with Crippen molar-refractivity contribution in [3.8, 4) is 0 Å². The third kappa shape index (κ3) is 2230. The summed E-state index contributed by atoms with van der Waals surface area (Å²) in [5.41, 5.74) is 0. The summed E-state index contributed by atoms with van der Waals surface area (Å²) >= 11 is 0. The number of hydrogen-bond donors (Lipinski definition) is 0. The topological polar surface area (TPSA) is 80.3 Å². The molecule has 4 nitrogen and oxygen atoms in total. The fourth-order valence-electron chi connectivity index (χ4n) is 0. The number of rotatable bonds is 0. The van der Waals surface area contributed by atoms with Crippen LogP contribution < -0.4 is 5.11 Å². The molecule has 74 valence electrons. The smallest absolute Gasteiger partial charge is 0.857 e. The standard InChI is InChI=1S/2C2H5.CH4O3S.CH3O.Sn/c2*1-2;1-5(2,3)4;1-2;/h2*1H2,2H3;1H3,(H,2,3,4);1H3;/q;;;-1;+2/p-1. The molecule has 0 saturated heterocycles. The van der Waals surface area contributed by atoms with Crippen LogP contribution in [0.15, 0.2) is 0 Å². The van der Waals surface area contributed by atoms with Gasteiger partial charge in [-0.05, 0) is 0 Å². The van der Waals surface area contributed by atoms with Gasteiger partial charge >= 0.3 is 23.9 Å². The maximum Gasteiger partial charge on any atom is 2.00 e. The Labute approximate surface area is 93.1 Å². The van der Waals surface area contributed by atoms with Gasteiger partial charge in [0.05, 0.1) is 10.1 Å². The molecule has 0 saturated carbocycles. The summed E-state index contributed by atoms with van der Waals surface area (Å²) in [6, 6.07) is 0. The predicted octanol–water partition coefficient (Wildman–Crippen LogP) is -0.562. The maximum absolute atomic E-state index is 9.08. The Hall–Kier alpha value is 0.669. The monoisotopic (exact) mass is 304 g/mol. The molecule has 0 unspecified atom stereocenters. The first-order valence-corrected chi connectivity index (χ1v) is 4.55. The predicted molar refractivity (Wildman–Crippen MR) is 49.4 cm³/mol. The Kier molecular flexibility index (Phi) is 73.0. The van der Waals surface area contributed by atoms with Crippen molar-refractivity contribution in [1.82, 2.24) is 0 Å². The van der Waals surface area contributed by atoms with E-state index in [4.69, 9.17) is 18.1 Å². The van der Waals surface area contributed by atoms with Crippen molar-refractivity contribution >= 4 is 34.0 Å². The zero-order valence-electron chi connectivity index (χ0n) is 7.96. The van der Waals surface area contributed by atoms with Crippen LogP contribution in [-0.4, -0.2) is 50.2 Å². The van der Waals surface area contributed by atoms with E-state index in [1.54, 1.807) is 13.8 Å². The molecule has 0 heterocycles. The molecular weight excluding hydrogens is 287 g/mol. The van der Waals surface area contributed by atoms with Gasteiger partial charge in [-0.2, -0.15) is 7.11 Å². The molecule has 4 radical (unpaired) electrons. The Balaban J connectivity index is -0.0000000203. The largest absolute Gasteiger partial charge is 2.00 e. The molecular formula is C6H16O4SSn. The molecule has 0 aliphatic heterocycles. The van der Waals surface area contributed by atoms with Gasteiger partial charge < -0.3 is 9.66 Å². The molecule has 0 amide bonds. The van der Waals surface area contributed by atoms with Gasteiger partial charge in [-0.3, -0.25) is 0 Å². The molecule has 0 spiro atoms. The molecule has 0 aliphatic carbocycles. The van der Waals surface area contributed by atoms with Gasteiger partial charge in [0, 0.05) is 6.26 Å². The second-order valence-corrected chi connectivity index (χ2v) is 2.11. The van der Waals surface area contributed by atoms with E-state index in [-0.39, 0.29) is 23.9 Å². The summed E-state index contributed by atoms with van der Waals surface area (Å²) in [4.78, 5) is 0. The average molecular weight is 303 g/mol. The fourth-order valence-corrected chi connectivity index (χ4v) is 0. The molecule has 12 heavy (non-hydrogen) atoms. The zero-order chi connectivity index (χ0) is 10.5. The molecule has 0 aromatic rings. The third-order valence-corrected chi connectivity index (χ3v) is 0. The SMILES string of the molecule is CS(=O)(=O)[O-].C[O-].[CH2]C.[CH2]C.[Sn+2]. The van der Waals surface area contributed by atoms with E-state index < -0.39 is 10.1 Å². The molecule has 0 atom stereocenters. The average Bonchev–Trinajstić information content (AvgIpc) is 1.96. The second kappa shape index (κ2) is 29.9. The summed E-state index contributed by atoms with van der Waals surface area (Å²) in [6.45, 7) is 10.0. The summed E-state index contributed by atoms with van der Waals surface area (Å²) in [5, 5.41) is 8.25. The van der Waals surface area contributed by atoms with Crippen molar-refractivity contribution in [1.29, 1.82) is 0 Å². The van der Waals surface area contributed by atoms with Crippen molar-refractivity contribution in [3.63, 3.8) is 0 Å². The fraction of sp³-hybridized carbons (Fsp3) is 0.667. The van der Waals surface area contributed by atoms with Gasteiger partial charge in [-0.25, -0.2) is 8.42 Å².